The lowest BCUT2D eigenvalue weighted by atomic mass is 10.2. The number of hydrogen-bond donors (Lipinski definition) is 1. The Bertz CT molecular complexity index is 597. The number of rotatable bonds is 4. The fraction of sp³-hybridized carbons (Fsp3) is 0.231. The van der Waals surface area contributed by atoms with Crippen molar-refractivity contribution in [2.24, 2.45) is 7.05 Å². The van der Waals surface area contributed by atoms with E-state index in [0.717, 1.165) is 5.69 Å². The maximum absolute atomic E-state index is 13.7. The van der Waals surface area contributed by atoms with Gasteiger partial charge in [0, 0.05) is 26.2 Å². The van der Waals surface area contributed by atoms with Crippen molar-refractivity contribution in [3.63, 3.8) is 0 Å². The summed E-state index contributed by atoms with van der Waals surface area (Å²) >= 11 is 3.05. The Morgan fingerprint density at radius 1 is 1.47 bits per heavy atom. The molecular weight excluding hydrogens is 313 g/mol. The molecule has 0 fully saturated rings. The topological polar surface area (TPSA) is 46.9 Å². The number of aromatic nitrogens is 2. The highest BCUT2D eigenvalue weighted by atomic mass is 79.9. The zero-order valence-corrected chi connectivity index (χ0v) is 11.9. The van der Waals surface area contributed by atoms with Crippen LogP contribution in [0, 0.1) is 5.82 Å². The smallest absolute Gasteiger partial charge is 0.254 e. The first-order chi connectivity index (χ1) is 9.08. The van der Waals surface area contributed by atoms with Crippen LogP contribution in [0.4, 0.5) is 4.39 Å². The van der Waals surface area contributed by atoms with Gasteiger partial charge in [-0.25, -0.2) is 4.39 Å². The molecular formula is C13H13BrFN3O. The summed E-state index contributed by atoms with van der Waals surface area (Å²) in [6.07, 6.45) is 2.45. The van der Waals surface area contributed by atoms with Crippen LogP contribution in [-0.2, 0) is 13.5 Å². The molecule has 0 spiro atoms. The Labute approximate surface area is 118 Å². The second kappa shape index (κ2) is 5.97. The maximum atomic E-state index is 13.7. The second-order valence-electron chi connectivity index (χ2n) is 4.09. The van der Waals surface area contributed by atoms with Crippen molar-refractivity contribution in [2.45, 2.75) is 6.42 Å². The fourth-order valence-corrected chi connectivity index (χ4v) is 2.04. The predicted molar refractivity (Wildman–Crippen MR) is 73.3 cm³/mol. The molecule has 1 aromatic heterocycles. The number of carbonyl (C=O) groups excluding carboxylic acids is 1. The third kappa shape index (κ3) is 3.41. The Morgan fingerprint density at radius 2 is 2.26 bits per heavy atom. The summed E-state index contributed by atoms with van der Waals surface area (Å²) in [5, 5.41) is 6.87. The van der Waals surface area contributed by atoms with Gasteiger partial charge >= 0.3 is 0 Å². The molecule has 0 saturated heterocycles. The quantitative estimate of drug-likeness (QED) is 0.937. The average Bonchev–Trinajstić information content (AvgIpc) is 2.78. The monoisotopic (exact) mass is 325 g/mol. The van der Waals surface area contributed by atoms with Gasteiger partial charge in [0.25, 0.3) is 5.91 Å². The van der Waals surface area contributed by atoms with Gasteiger partial charge in [0.1, 0.15) is 5.82 Å². The van der Waals surface area contributed by atoms with E-state index in [9.17, 15) is 9.18 Å². The van der Waals surface area contributed by atoms with E-state index in [-0.39, 0.29) is 10.0 Å². The summed E-state index contributed by atoms with van der Waals surface area (Å²) in [6, 6.07) is 6.52. The number of nitrogens with one attached hydrogen (secondary N) is 1. The summed E-state index contributed by atoms with van der Waals surface area (Å²) in [5.41, 5.74) is 0.924. The molecule has 0 unspecified atom stereocenters. The minimum Gasteiger partial charge on any atom is -0.352 e. The Morgan fingerprint density at radius 3 is 2.95 bits per heavy atom. The van der Waals surface area contributed by atoms with Crippen LogP contribution in [0.3, 0.4) is 0 Å². The lowest BCUT2D eigenvalue weighted by Crippen LogP contribution is -2.26. The molecule has 0 aliphatic heterocycles. The molecule has 1 N–H and O–H groups in total. The first-order valence-corrected chi connectivity index (χ1v) is 6.58. The number of halogens is 2. The molecule has 1 heterocycles. The average molecular weight is 326 g/mol. The lowest BCUT2D eigenvalue weighted by Gasteiger charge is -2.06. The van der Waals surface area contributed by atoms with Gasteiger partial charge in [-0.1, -0.05) is 6.07 Å². The van der Waals surface area contributed by atoms with Gasteiger partial charge in [-0.05, 0) is 34.1 Å². The molecule has 19 heavy (non-hydrogen) atoms. The van der Waals surface area contributed by atoms with Crippen molar-refractivity contribution in [1.82, 2.24) is 15.1 Å². The normalized spacial score (nSPS) is 10.5. The molecule has 6 heteroatoms. The minimum atomic E-state index is -0.544. The highest BCUT2D eigenvalue weighted by Gasteiger charge is 2.13. The van der Waals surface area contributed by atoms with E-state index in [1.54, 1.807) is 16.8 Å². The van der Waals surface area contributed by atoms with Crippen LogP contribution in [0.2, 0.25) is 0 Å². The van der Waals surface area contributed by atoms with Gasteiger partial charge in [-0.3, -0.25) is 9.48 Å². The zero-order valence-electron chi connectivity index (χ0n) is 10.4. The standard InChI is InChI=1S/C13H13BrFN3O/c1-18-8-6-9(17-18)5-7-16-13(19)10-3-2-4-11(14)12(10)15/h2-4,6,8H,5,7H2,1H3,(H,16,19). The van der Waals surface area contributed by atoms with Gasteiger partial charge in [-0.2, -0.15) is 5.10 Å². The second-order valence-corrected chi connectivity index (χ2v) is 4.94. The number of nitrogens with zero attached hydrogens (tertiary/aromatic N) is 2. The van der Waals surface area contributed by atoms with Gasteiger partial charge in [0.2, 0.25) is 0 Å². The Balaban J connectivity index is 1.93. The number of carbonyl (C=O) groups is 1. The van der Waals surface area contributed by atoms with Crippen molar-refractivity contribution in [1.29, 1.82) is 0 Å². The van der Waals surface area contributed by atoms with E-state index >= 15 is 0 Å². The third-order valence-electron chi connectivity index (χ3n) is 2.63. The molecule has 2 rings (SSSR count). The Kier molecular flexibility index (Phi) is 4.31. The van der Waals surface area contributed by atoms with E-state index in [1.807, 2.05) is 19.3 Å². The molecule has 0 radical (unpaired) electrons. The van der Waals surface area contributed by atoms with Gasteiger partial charge < -0.3 is 5.32 Å². The van der Waals surface area contributed by atoms with Gasteiger partial charge in [0.15, 0.2) is 0 Å². The Hall–Kier alpha value is -1.69. The first kappa shape index (κ1) is 13.7. The van der Waals surface area contributed by atoms with Crippen molar-refractivity contribution < 1.29 is 9.18 Å². The van der Waals surface area contributed by atoms with Crippen molar-refractivity contribution in [2.75, 3.05) is 6.54 Å². The van der Waals surface area contributed by atoms with Crippen LogP contribution in [0.1, 0.15) is 16.1 Å². The fourth-order valence-electron chi connectivity index (χ4n) is 1.67. The van der Waals surface area contributed by atoms with Crippen LogP contribution >= 0.6 is 15.9 Å². The summed E-state index contributed by atoms with van der Waals surface area (Å²) < 4.78 is 15.7. The van der Waals surface area contributed by atoms with E-state index < -0.39 is 11.7 Å². The van der Waals surface area contributed by atoms with Crippen molar-refractivity contribution >= 4 is 21.8 Å². The summed E-state index contributed by atoms with van der Waals surface area (Å²) in [6.45, 7) is 0.418. The van der Waals surface area contributed by atoms with Gasteiger partial charge in [-0.15, -0.1) is 0 Å². The van der Waals surface area contributed by atoms with Crippen LogP contribution < -0.4 is 5.32 Å². The van der Waals surface area contributed by atoms with Gasteiger partial charge in [0.05, 0.1) is 15.7 Å². The van der Waals surface area contributed by atoms with E-state index in [1.165, 1.54) is 6.07 Å². The molecule has 1 aromatic carbocycles. The molecule has 0 aliphatic carbocycles. The predicted octanol–water partition coefficient (Wildman–Crippen LogP) is 2.29. The van der Waals surface area contributed by atoms with Crippen molar-refractivity contribution in [3.8, 4) is 0 Å². The summed E-state index contributed by atoms with van der Waals surface area (Å²) in [7, 11) is 1.83. The van der Waals surface area contributed by atoms with E-state index in [0.29, 0.717) is 13.0 Å². The molecule has 0 saturated carbocycles. The summed E-state index contributed by atoms with van der Waals surface area (Å²) in [4.78, 5) is 11.8. The zero-order chi connectivity index (χ0) is 13.8. The molecule has 0 aliphatic rings. The van der Waals surface area contributed by atoms with Crippen LogP contribution in [0.15, 0.2) is 34.9 Å². The van der Waals surface area contributed by atoms with E-state index in [2.05, 4.69) is 26.3 Å². The lowest BCUT2D eigenvalue weighted by molar-refractivity contribution is 0.0950. The van der Waals surface area contributed by atoms with Crippen LogP contribution in [0.5, 0.6) is 0 Å². The first-order valence-electron chi connectivity index (χ1n) is 5.78. The largest absolute Gasteiger partial charge is 0.352 e. The SMILES string of the molecule is Cn1ccc(CCNC(=O)c2cccc(Br)c2F)n1. The maximum Gasteiger partial charge on any atom is 0.254 e. The number of hydrogen-bond acceptors (Lipinski definition) is 2. The highest BCUT2D eigenvalue weighted by Crippen LogP contribution is 2.18. The molecule has 100 valence electrons. The van der Waals surface area contributed by atoms with Crippen LogP contribution in [0.25, 0.3) is 0 Å². The highest BCUT2D eigenvalue weighted by molar-refractivity contribution is 9.10. The number of aryl methyl sites for hydroxylation is 1. The molecule has 1 amide bonds. The molecule has 2 aromatic rings. The molecule has 0 atom stereocenters. The molecule has 4 nitrogen and oxygen atoms in total. The van der Waals surface area contributed by atoms with Crippen molar-refractivity contribution in [3.05, 3.63) is 52.0 Å². The summed E-state index contributed by atoms with van der Waals surface area (Å²) in [5.74, 6) is -0.965. The van der Waals surface area contributed by atoms with Crippen LogP contribution in [-0.4, -0.2) is 22.2 Å². The minimum absolute atomic E-state index is 0.0374. The number of benzene rings is 1. The van der Waals surface area contributed by atoms with E-state index in [4.69, 9.17) is 0 Å². The number of amides is 1. The molecule has 0 bridgehead atoms. The third-order valence-corrected chi connectivity index (χ3v) is 3.24.